The Kier molecular flexibility index (Phi) is 5.42. The molecular weight excluding hydrogens is 306 g/mol. The zero-order chi connectivity index (χ0) is 13.8. The first-order valence-corrected chi connectivity index (χ1v) is 7.91. The second kappa shape index (κ2) is 6.86. The van der Waals surface area contributed by atoms with Crippen LogP contribution in [0.15, 0.2) is 10.7 Å². The number of hydrogen-bond acceptors (Lipinski definition) is 3. The monoisotopic (exact) mass is 329 g/mol. The molecule has 1 saturated carbocycles. The van der Waals surface area contributed by atoms with E-state index >= 15 is 0 Å². The molecule has 1 aliphatic carbocycles. The van der Waals surface area contributed by atoms with Gasteiger partial charge >= 0.3 is 0 Å². The molecule has 0 aromatic carbocycles. The summed E-state index contributed by atoms with van der Waals surface area (Å²) >= 11 is 3.65. The van der Waals surface area contributed by atoms with Crippen LogP contribution in [0, 0.1) is 11.8 Å². The quantitative estimate of drug-likeness (QED) is 0.796. The molecule has 3 atom stereocenters. The summed E-state index contributed by atoms with van der Waals surface area (Å²) in [5.74, 6) is 1.55. The maximum Gasteiger partial charge on any atom is 0.0699 e. The van der Waals surface area contributed by atoms with Crippen molar-refractivity contribution in [3.8, 4) is 0 Å². The highest BCUT2D eigenvalue weighted by atomic mass is 79.9. The molecule has 1 aromatic rings. The van der Waals surface area contributed by atoms with E-state index in [0.717, 1.165) is 35.8 Å². The molecule has 108 valence electrons. The number of nitrogens with one attached hydrogen (secondary N) is 1. The van der Waals surface area contributed by atoms with E-state index < -0.39 is 0 Å². The third-order valence-electron chi connectivity index (χ3n) is 3.85. The molecule has 1 aromatic heterocycles. The lowest BCUT2D eigenvalue weighted by atomic mass is 10.1. The van der Waals surface area contributed by atoms with Gasteiger partial charge in [0.1, 0.15) is 0 Å². The maximum absolute atomic E-state index is 5.17. The number of hydrogen-bond donors (Lipinski definition) is 1. The highest BCUT2D eigenvalue weighted by Gasteiger charge is 2.42. The van der Waals surface area contributed by atoms with Crippen molar-refractivity contribution in [1.82, 2.24) is 15.1 Å². The number of methoxy groups -OCH3 is 1. The van der Waals surface area contributed by atoms with E-state index in [0.29, 0.717) is 12.6 Å². The average molecular weight is 330 g/mol. The van der Waals surface area contributed by atoms with Crippen LogP contribution in [-0.4, -0.2) is 30.0 Å². The van der Waals surface area contributed by atoms with Gasteiger partial charge in [-0.05, 0) is 47.2 Å². The third-order valence-corrected chi connectivity index (χ3v) is 4.46. The number of ether oxygens (including phenoxy) is 1. The van der Waals surface area contributed by atoms with Crippen LogP contribution in [-0.2, 0) is 11.3 Å². The summed E-state index contributed by atoms with van der Waals surface area (Å²) in [5, 5.41) is 8.16. The van der Waals surface area contributed by atoms with Gasteiger partial charge in [0.05, 0.1) is 35.6 Å². The molecule has 2 rings (SSSR count). The Labute approximate surface area is 124 Å². The first kappa shape index (κ1) is 15.0. The molecule has 1 aliphatic rings. The molecule has 5 heteroatoms. The van der Waals surface area contributed by atoms with Crippen LogP contribution in [0.5, 0.6) is 0 Å². The summed E-state index contributed by atoms with van der Waals surface area (Å²) < 4.78 is 8.35. The van der Waals surface area contributed by atoms with Gasteiger partial charge in [-0.3, -0.25) is 4.68 Å². The van der Waals surface area contributed by atoms with Gasteiger partial charge in [-0.25, -0.2) is 0 Å². The molecule has 0 amide bonds. The summed E-state index contributed by atoms with van der Waals surface area (Å²) in [6.07, 6.45) is 4.36. The van der Waals surface area contributed by atoms with Crippen LogP contribution < -0.4 is 5.32 Å². The lowest BCUT2D eigenvalue weighted by molar-refractivity contribution is 0.181. The van der Waals surface area contributed by atoms with E-state index in [-0.39, 0.29) is 0 Å². The fraction of sp³-hybridized carbons (Fsp3) is 0.786. The summed E-state index contributed by atoms with van der Waals surface area (Å²) in [6.45, 7) is 7.09. The van der Waals surface area contributed by atoms with Gasteiger partial charge in [-0.2, -0.15) is 5.10 Å². The molecule has 0 bridgehead atoms. The highest BCUT2D eigenvalue weighted by Crippen LogP contribution is 2.48. The first-order valence-electron chi connectivity index (χ1n) is 7.12. The largest absolute Gasteiger partial charge is 0.383 e. The van der Waals surface area contributed by atoms with Gasteiger partial charge < -0.3 is 10.1 Å². The number of rotatable bonds is 8. The second-order valence-electron chi connectivity index (χ2n) is 5.40. The Hall–Kier alpha value is -0.390. The first-order chi connectivity index (χ1) is 9.19. The lowest BCUT2D eigenvalue weighted by Crippen LogP contribution is -2.28. The summed E-state index contributed by atoms with van der Waals surface area (Å²) in [5.41, 5.74) is 1.28. The van der Waals surface area contributed by atoms with Crippen LogP contribution in [0.3, 0.4) is 0 Å². The van der Waals surface area contributed by atoms with Crippen molar-refractivity contribution in [2.24, 2.45) is 11.8 Å². The Morgan fingerprint density at radius 1 is 1.63 bits per heavy atom. The van der Waals surface area contributed by atoms with E-state index in [2.05, 4.69) is 44.9 Å². The van der Waals surface area contributed by atoms with E-state index in [1.807, 2.05) is 6.20 Å². The minimum absolute atomic E-state index is 0.406. The maximum atomic E-state index is 5.17. The van der Waals surface area contributed by atoms with Crippen molar-refractivity contribution in [3.05, 3.63) is 16.4 Å². The Morgan fingerprint density at radius 2 is 2.37 bits per heavy atom. The Bertz CT molecular complexity index is 407. The molecule has 0 saturated heterocycles. The van der Waals surface area contributed by atoms with Crippen LogP contribution in [0.4, 0.5) is 0 Å². The number of aromatic nitrogens is 2. The molecule has 3 unspecified atom stereocenters. The smallest absolute Gasteiger partial charge is 0.0699 e. The topological polar surface area (TPSA) is 39.1 Å². The fourth-order valence-electron chi connectivity index (χ4n) is 2.60. The van der Waals surface area contributed by atoms with Crippen LogP contribution in [0.1, 0.15) is 38.4 Å². The molecule has 1 fully saturated rings. The van der Waals surface area contributed by atoms with Gasteiger partial charge in [0, 0.05) is 7.11 Å². The van der Waals surface area contributed by atoms with Gasteiger partial charge in [0.15, 0.2) is 0 Å². The van der Waals surface area contributed by atoms with Gasteiger partial charge in [0.2, 0.25) is 0 Å². The van der Waals surface area contributed by atoms with Crippen molar-refractivity contribution in [3.63, 3.8) is 0 Å². The van der Waals surface area contributed by atoms with Gasteiger partial charge in [-0.15, -0.1) is 0 Å². The van der Waals surface area contributed by atoms with Gasteiger partial charge in [-0.1, -0.05) is 13.8 Å². The fourth-order valence-corrected chi connectivity index (χ4v) is 3.15. The SMILES string of the molecule is CCCNC(c1c(Br)cnn1CCOC)C1CC1C. The molecule has 0 spiro atoms. The highest BCUT2D eigenvalue weighted by molar-refractivity contribution is 9.10. The molecule has 0 aliphatic heterocycles. The third kappa shape index (κ3) is 3.58. The predicted molar refractivity (Wildman–Crippen MR) is 80.1 cm³/mol. The standard InChI is InChI=1S/C14H24BrN3O/c1-4-5-16-13(11-8-10(11)2)14-12(15)9-17-18(14)6-7-19-3/h9-11,13,16H,4-8H2,1-3H3. The van der Waals surface area contributed by atoms with Crippen molar-refractivity contribution in [2.45, 2.75) is 39.3 Å². The molecule has 4 nitrogen and oxygen atoms in total. The van der Waals surface area contributed by atoms with E-state index in [1.54, 1.807) is 7.11 Å². The minimum atomic E-state index is 0.406. The molecule has 1 heterocycles. The van der Waals surface area contributed by atoms with Crippen LogP contribution in [0.25, 0.3) is 0 Å². The van der Waals surface area contributed by atoms with E-state index in [9.17, 15) is 0 Å². The van der Waals surface area contributed by atoms with Crippen molar-refractivity contribution in [1.29, 1.82) is 0 Å². The average Bonchev–Trinajstić information content (AvgIpc) is 3.01. The summed E-state index contributed by atoms with van der Waals surface area (Å²) in [7, 11) is 1.73. The zero-order valence-corrected chi connectivity index (χ0v) is 13.6. The van der Waals surface area contributed by atoms with Crippen molar-refractivity contribution in [2.75, 3.05) is 20.3 Å². The van der Waals surface area contributed by atoms with E-state index in [1.165, 1.54) is 12.1 Å². The minimum Gasteiger partial charge on any atom is -0.383 e. The van der Waals surface area contributed by atoms with Crippen molar-refractivity contribution < 1.29 is 4.74 Å². The summed E-state index contributed by atoms with van der Waals surface area (Å²) in [6, 6.07) is 0.406. The Balaban J connectivity index is 2.17. The lowest BCUT2D eigenvalue weighted by Gasteiger charge is -2.21. The Morgan fingerprint density at radius 3 is 2.95 bits per heavy atom. The molecular formula is C14H24BrN3O. The molecule has 0 radical (unpaired) electrons. The number of nitrogens with zero attached hydrogens (tertiary/aromatic N) is 2. The summed E-state index contributed by atoms with van der Waals surface area (Å²) in [4.78, 5) is 0. The predicted octanol–water partition coefficient (Wildman–Crippen LogP) is 2.99. The number of halogens is 1. The zero-order valence-electron chi connectivity index (χ0n) is 12.0. The molecule has 19 heavy (non-hydrogen) atoms. The second-order valence-corrected chi connectivity index (χ2v) is 6.26. The van der Waals surface area contributed by atoms with Crippen LogP contribution >= 0.6 is 15.9 Å². The normalized spacial score (nSPS) is 23.6. The van der Waals surface area contributed by atoms with E-state index in [4.69, 9.17) is 4.74 Å². The molecule has 1 N–H and O–H groups in total. The van der Waals surface area contributed by atoms with Gasteiger partial charge in [0.25, 0.3) is 0 Å². The van der Waals surface area contributed by atoms with Crippen LogP contribution in [0.2, 0.25) is 0 Å². The van der Waals surface area contributed by atoms with Crippen molar-refractivity contribution >= 4 is 15.9 Å².